The Kier molecular flexibility index (Phi) is 3.72. The fraction of sp³-hybridized carbons (Fsp3) is 0.538. The predicted molar refractivity (Wildman–Crippen MR) is 67.8 cm³/mol. The summed E-state index contributed by atoms with van der Waals surface area (Å²) in [5.41, 5.74) is 1.24. The molecule has 2 unspecified atom stereocenters. The zero-order valence-corrected chi connectivity index (χ0v) is 10.6. The third-order valence-electron chi connectivity index (χ3n) is 3.26. The van der Waals surface area contributed by atoms with Crippen molar-refractivity contribution in [1.29, 1.82) is 0 Å². The van der Waals surface area contributed by atoms with Gasteiger partial charge in [-0.3, -0.25) is 9.59 Å². The fourth-order valence-corrected chi connectivity index (χ4v) is 3.88. The molecule has 0 fully saturated rings. The minimum atomic E-state index is -0.894. The number of carboxylic acid groups (broad SMARTS) is 1. The summed E-state index contributed by atoms with van der Waals surface area (Å²) in [5, 5.41) is 8.88. The van der Waals surface area contributed by atoms with E-state index in [9.17, 15) is 9.59 Å². The Morgan fingerprint density at radius 3 is 2.94 bits per heavy atom. The van der Waals surface area contributed by atoms with Gasteiger partial charge < -0.3 is 5.11 Å². The first-order chi connectivity index (χ1) is 8.09. The van der Waals surface area contributed by atoms with Crippen LogP contribution in [0.2, 0.25) is 0 Å². The molecule has 0 spiro atoms. The van der Waals surface area contributed by atoms with Crippen LogP contribution in [-0.4, -0.2) is 22.1 Å². The van der Waals surface area contributed by atoms with Gasteiger partial charge in [-0.25, -0.2) is 0 Å². The van der Waals surface area contributed by atoms with E-state index in [0.29, 0.717) is 0 Å². The zero-order chi connectivity index (χ0) is 12.4. The summed E-state index contributed by atoms with van der Waals surface area (Å²) in [6.07, 6.45) is 6.30. The maximum absolute atomic E-state index is 12.1. The molecule has 4 heteroatoms. The van der Waals surface area contributed by atoms with Gasteiger partial charge >= 0.3 is 5.97 Å². The van der Waals surface area contributed by atoms with Gasteiger partial charge in [0.05, 0.1) is 12.3 Å². The number of carbonyl (C=O) groups is 2. The molecule has 0 saturated carbocycles. The number of carbonyl (C=O) groups excluding carboxylic acids is 1. The maximum atomic E-state index is 12.1. The lowest BCUT2D eigenvalue weighted by Gasteiger charge is -2.17. The Morgan fingerprint density at radius 1 is 1.47 bits per heavy atom. The Hall–Kier alpha value is -1.03. The van der Waals surface area contributed by atoms with Crippen LogP contribution in [0.3, 0.4) is 0 Å². The zero-order valence-electron chi connectivity index (χ0n) is 9.81. The summed E-state index contributed by atoms with van der Waals surface area (Å²) in [6, 6.07) is 0. The number of allylic oxidation sites excluding steroid dienone is 3. The molecule has 2 rings (SSSR count). The summed E-state index contributed by atoms with van der Waals surface area (Å²) < 4.78 is 0. The van der Waals surface area contributed by atoms with Crippen LogP contribution in [0.4, 0.5) is 0 Å². The maximum Gasteiger partial charge on any atom is 0.303 e. The van der Waals surface area contributed by atoms with E-state index in [-0.39, 0.29) is 29.8 Å². The van der Waals surface area contributed by atoms with Gasteiger partial charge in [0.2, 0.25) is 0 Å². The third-order valence-corrected chi connectivity index (χ3v) is 4.55. The van der Waals surface area contributed by atoms with E-state index in [0.717, 1.165) is 12.8 Å². The highest BCUT2D eigenvalue weighted by atomic mass is 32.2. The molecule has 1 N–H and O–H groups in total. The molecule has 0 saturated heterocycles. The first-order valence-corrected chi connectivity index (χ1v) is 6.78. The molecule has 92 valence electrons. The first kappa shape index (κ1) is 12.4. The van der Waals surface area contributed by atoms with Crippen molar-refractivity contribution in [3.05, 3.63) is 22.6 Å². The van der Waals surface area contributed by atoms with Crippen molar-refractivity contribution in [3.63, 3.8) is 0 Å². The van der Waals surface area contributed by atoms with E-state index in [4.69, 9.17) is 5.11 Å². The molecule has 0 aromatic carbocycles. The van der Waals surface area contributed by atoms with Crippen LogP contribution >= 0.6 is 11.8 Å². The van der Waals surface area contributed by atoms with Gasteiger partial charge in [-0.05, 0) is 18.4 Å². The van der Waals surface area contributed by atoms with Gasteiger partial charge in [-0.15, -0.1) is 11.8 Å². The monoisotopic (exact) mass is 252 g/mol. The van der Waals surface area contributed by atoms with E-state index < -0.39 is 5.97 Å². The second kappa shape index (κ2) is 5.08. The third kappa shape index (κ3) is 2.63. The average Bonchev–Trinajstić information content (AvgIpc) is 2.61. The van der Waals surface area contributed by atoms with E-state index in [2.05, 4.69) is 19.1 Å². The quantitative estimate of drug-likeness (QED) is 0.836. The summed E-state index contributed by atoms with van der Waals surface area (Å²) in [6.45, 7) is 2.06. The van der Waals surface area contributed by atoms with E-state index in [1.165, 1.54) is 10.5 Å². The molecular formula is C13H16O3S. The minimum absolute atomic E-state index is 0.0504. The smallest absolute Gasteiger partial charge is 0.303 e. The number of hydrogen-bond acceptors (Lipinski definition) is 3. The molecule has 1 aliphatic carbocycles. The molecule has 2 atom stereocenters. The van der Waals surface area contributed by atoms with Crippen LogP contribution in [0, 0.1) is 5.92 Å². The molecule has 0 aromatic rings. The number of hydrogen-bond donors (Lipinski definition) is 1. The summed E-state index contributed by atoms with van der Waals surface area (Å²) in [4.78, 5) is 23.8. The topological polar surface area (TPSA) is 54.4 Å². The molecule has 0 amide bonds. The molecule has 0 radical (unpaired) electrons. The highest BCUT2D eigenvalue weighted by Crippen LogP contribution is 2.47. The lowest BCUT2D eigenvalue weighted by atomic mass is 9.85. The molecule has 17 heavy (non-hydrogen) atoms. The minimum Gasteiger partial charge on any atom is -0.481 e. The molecular weight excluding hydrogens is 236 g/mol. The van der Waals surface area contributed by atoms with Crippen LogP contribution in [-0.2, 0) is 9.59 Å². The van der Waals surface area contributed by atoms with Crippen molar-refractivity contribution < 1.29 is 14.7 Å². The molecule has 3 nitrogen and oxygen atoms in total. The average molecular weight is 252 g/mol. The number of ketones is 1. The van der Waals surface area contributed by atoms with Crippen LogP contribution in [0.5, 0.6) is 0 Å². The number of Topliss-reactive ketones (excluding diaryl/α,β-unsaturated/α-hetero) is 1. The summed E-state index contributed by atoms with van der Waals surface area (Å²) >= 11 is 1.74. The van der Waals surface area contributed by atoms with Crippen LogP contribution in [0.1, 0.15) is 32.6 Å². The van der Waals surface area contributed by atoms with E-state index in [1.54, 1.807) is 11.8 Å². The van der Waals surface area contributed by atoms with Gasteiger partial charge in [0, 0.05) is 16.6 Å². The normalized spacial score (nSPS) is 27.1. The molecule has 2 aliphatic rings. The van der Waals surface area contributed by atoms with Crippen molar-refractivity contribution in [1.82, 2.24) is 0 Å². The Balaban J connectivity index is 2.09. The van der Waals surface area contributed by atoms with Crippen molar-refractivity contribution in [2.24, 2.45) is 5.92 Å². The SMILES string of the molecule is CC1SC2=C(CCC=C2)C1C(=O)CCC(=O)O. The van der Waals surface area contributed by atoms with Crippen molar-refractivity contribution in [3.8, 4) is 0 Å². The van der Waals surface area contributed by atoms with Crippen molar-refractivity contribution >= 4 is 23.5 Å². The number of rotatable bonds is 4. The molecule has 0 aromatic heterocycles. The first-order valence-electron chi connectivity index (χ1n) is 5.90. The van der Waals surface area contributed by atoms with Gasteiger partial charge in [0.15, 0.2) is 0 Å². The van der Waals surface area contributed by atoms with Crippen LogP contribution in [0.15, 0.2) is 22.6 Å². The lowest BCUT2D eigenvalue weighted by Crippen LogP contribution is -2.23. The van der Waals surface area contributed by atoms with Gasteiger partial charge in [0.25, 0.3) is 0 Å². The van der Waals surface area contributed by atoms with E-state index >= 15 is 0 Å². The van der Waals surface area contributed by atoms with Crippen molar-refractivity contribution in [2.45, 2.75) is 37.9 Å². The lowest BCUT2D eigenvalue weighted by molar-refractivity contribution is -0.138. The van der Waals surface area contributed by atoms with Gasteiger partial charge in [0.1, 0.15) is 5.78 Å². The second-order valence-electron chi connectivity index (χ2n) is 4.49. The van der Waals surface area contributed by atoms with Crippen molar-refractivity contribution in [2.75, 3.05) is 0 Å². The van der Waals surface area contributed by atoms with E-state index in [1.807, 2.05) is 0 Å². The van der Waals surface area contributed by atoms with Crippen LogP contribution < -0.4 is 0 Å². The predicted octanol–water partition coefficient (Wildman–Crippen LogP) is 2.78. The number of aliphatic carboxylic acids is 1. The summed E-state index contributed by atoms with van der Waals surface area (Å²) in [5.74, 6) is -0.860. The molecule has 0 bridgehead atoms. The number of carboxylic acids is 1. The Labute approximate surface area is 105 Å². The van der Waals surface area contributed by atoms with Gasteiger partial charge in [-0.2, -0.15) is 0 Å². The molecule has 1 heterocycles. The highest BCUT2D eigenvalue weighted by Gasteiger charge is 2.36. The fourth-order valence-electron chi connectivity index (χ4n) is 2.48. The second-order valence-corrected chi connectivity index (χ2v) is 5.91. The largest absolute Gasteiger partial charge is 0.481 e. The standard InChI is InChI=1S/C13H16O3S/c1-8-13(10(14)6-7-12(15)16)9-4-2-3-5-11(9)17-8/h3,5,8,13H,2,4,6-7H2,1H3,(H,15,16). The highest BCUT2D eigenvalue weighted by molar-refractivity contribution is 8.04. The Morgan fingerprint density at radius 2 is 2.24 bits per heavy atom. The van der Waals surface area contributed by atoms with Crippen LogP contribution in [0.25, 0.3) is 0 Å². The molecule has 1 aliphatic heterocycles. The Bertz CT molecular complexity index is 409. The summed E-state index contributed by atoms with van der Waals surface area (Å²) in [7, 11) is 0. The van der Waals surface area contributed by atoms with Gasteiger partial charge in [-0.1, -0.05) is 19.1 Å². The number of thioether (sulfide) groups is 1.